The molecule has 2 N–H and O–H groups in total. The van der Waals surface area contributed by atoms with Gasteiger partial charge in [0.25, 0.3) is 0 Å². The second-order valence-electron chi connectivity index (χ2n) is 5.68. The second kappa shape index (κ2) is 6.05. The Morgan fingerprint density at radius 2 is 2.10 bits per heavy atom. The average molecular weight is 328 g/mol. The van der Waals surface area contributed by atoms with Crippen LogP contribution in [0.1, 0.15) is 18.4 Å². The Morgan fingerprint density at radius 1 is 1.38 bits per heavy atom. The highest BCUT2D eigenvalue weighted by Crippen LogP contribution is 2.50. The van der Waals surface area contributed by atoms with Gasteiger partial charge in [0.05, 0.1) is 6.54 Å². The van der Waals surface area contributed by atoms with Crippen LogP contribution in [-0.2, 0) is 5.41 Å². The number of hydrogen-bond acceptors (Lipinski definition) is 2. The predicted molar refractivity (Wildman–Crippen MR) is 87.7 cm³/mol. The van der Waals surface area contributed by atoms with E-state index >= 15 is 0 Å². The molecular weight excluding hydrogens is 309 g/mol. The third-order valence-corrected chi connectivity index (χ3v) is 5.49. The minimum Gasteiger partial charge on any atom is -0.370 e. The zero-order chi connectivity index (χ0) is 14.9. The smallest absolute Gasteiger partial charge is 0.191 e. The first-order valence-corrected chi connectivity index (χ1v) is 8.72. The molecule has 0 bridgehead atoms. The summed E-state index contributed by atoms with van der Waals surface area (Å²) in [5.74, 6) is 2.53. The lowest BCUT2D eigenvalue weighted by molar-refractivity contribution is 0.454. The van der Waals surface area contributed by atoms with E-state index in [4.69, 9.17) is 17.3 Å². The monoisotopic (exact) mass is 327 g/mol. The summed E-state index contributed by atoms with van der Waals surface area (Å²) in [5, 5.41) is 0.496. The maximum absolute atomic E-state index is 13.2. The van der Waals surface area contributed by atoms with Crippen LogP contribution in [-0.4, -0.2) is 42.0 Å². The van der Waals surface area contributed by atoms with E-state index in [9.17, 15) is 4.39 Å². The Labute approximate surface area is 133 Å². The highest BCUT2D eigenvalue weighted by Gasteiger charge is 2.45. The van der Waals surface area contributed by atoms with Crippen LogP contribution in [0.25, 0.3) is 0 Å². The fourth-order valence-corrected chi connectivity index (χ4v) is 3.98. The van der Waals surface area contributed by atoms with Gasteiger partial charge in [0.2, 0.25) is 0 Å². The van der Waals surface area contributed by atoms with Crippen LogP contribution in [0.3, 0.4) is 0 Å². The summed E-state index contributed by atoms with van der Waals surface area (Å²) in [6, 6.07) is 4.63. The van der Waals surface area contributed by atoms with Crippen LogP contribution >= 0.6 is 23.4 Å². The summed E-state index contributed by atoms with van der Waals surface area (Å²) in [6.07, 6.45) is 2.07. The van der Waals surface area contributed by atoms with Crippen molar-refractivity contribution in [1.82, 2.24) is 4.90 Å². The predicted octanol–water partition coefficient (Wildman–Crippen LogP) is 2.87. The zero-order valence-electron chi connectivity index (χ0n) is 11.8. The van der Waals surface area contributed by atoms with Crippen molar-refractivity contribution in [1.29, 1.82) is 0 Å². The maximum atomic E-state index is 13.2. The third-order valence-electron chi connectivity index (χ3n) is 4.23. The van der Waals surface area contributed by atoms with Crippen LogP contribution in [0.5, 0.6) is 0 Å². The van der Waals surface area contributed by atoms with Gasteiger partial charge < -0.3 is 10.6 Å². The number of rotatable bonds is 3. The third kappa shape index (κ3) is 3.29. The minimum absolute atomic E-state index is 0.0417. The lowest BCUT2D eigenvalue weighted by atomic mass is 9.96. The summed E-state index contributed by atoms with van der Waals surface area (Å²) in [5.41, 5.74) is 7.05. The largest absolute Gasteiger partial charge is 0.370 e. The molecule has 1 heterocycles. The molecule has 0 aromatic heterocycles. The van der Waals surface area contributed by atoms with Gasteiger partial charge in [0.15, 0.2) is 5.96 Å². The Kier molecular flexibility index (Phi) is 4.31. The molecule has 1 saturated heterocycles. The van der Waals surface area contributed by atoms with Gasteiger partial charge in [-0.25, -0.2) is 4.39 Å². The lowest BCUT2D eigenvalue weighted by Gasteiger charge is -2.27. The molecule has 114 valence electrons. The van der Waals surface area contributed by atoms with Gasteiger partial charge in [-0.15, -0.1) is 0 Å². The van der Waals surface area contributed by atoms with Gasteiger partial charge in [-0.2, -0.15) is 11.8 Å². The molecule has 0 unspecified atom stereocenters. The Morgan fingerprint density at radius 3 is 2.71 bits per heavy atom. The van der Waals surface area contributed by atoms with E-state index in [0.29, 0.717) is 17.5 Å². The van der Waals surface area contributed by atoms with E-state index in [0.717, 1.165) is 43.0 Å². The van der Waals surface area contributed by atoms with Gasteiger partial charge in [0, 0.05) is 35.0 Å². The van der Waals surface area contributed by atoms with Crippen LogP contribution in [0.4, 0.5) is 4.39 Å². The van der Waals surface area contributed by atoms with E-state index in [-0.39, 0.29) is 11.2 Å². The fourth-order valence-electron chi connectivity index (χ4n) is 2.71. The number of benzene rings is 1. The van der Waals surface area contributed by atoms with Crippen LogP contribution in [0.15, 0.2) is 23.2 Å². The highest BCUT2D eigenvalue weighted by atomic mass is 35.5. The van der Waals surface area contributed by atoms with Gasteiger partial charge in [-0.1, -0.05) is 17.7 Å². The molecule has 2 fully saturated rings. The molecule has 0 atom stereocenters. The fraction of sp³-hybridized carbons (Fsp3) is 0.533. The maximum Gasteiger partial charge on any atom is 0.191 e. The van der Waals surface area contributed by atoms with Gasteiger partial charge in [-0.05, 0) is 30.5 Å². The number of aliphatic imine (C=N–C) groups is 1. The molecule has 1 aliphatic heterocycles. The molecule has 1 aromatic rings. The Bertz CT molecular complexity index is 554. The van der Waals surface area contributed by atoms with Crippen molar-refractivity contribution >= 4 is 29.3 Å². The molecule has 0 radical (unpaired) electrons. The summed E-state index contributed by atoms with van der Waals surface area (Å²) in [4.78, 5) is 6.72. The Hall–Kier alpha value is -0.940. The van der Waals surface area contributed by atoms with Crippen LogP contribution in [0, 0.1) is 5.82 Å². The first-order chi connectivity index (χ1) is 10.1. The SMILES string of the molecule is NC(=NCC1(c2ccc(F)cc2Cl)CC1)N1CCSCC1. The first-order valence-electron chi connectivity index (χ1n) is 7.19. The van der Waals surface area contributed by atoms with E-state index in [1.165, 1.54) is 12.1 Å². The zero-order valence-corrected chi connectivity index (χ0v) is 13.4. The van der Waals surface area contributed by atoms with E-state index < -0.39 is 0 Å². The van der Waals surface area contributed by atoms with Gasteiger partial charge in [-0.3, -0.25) is 4.99 Å². The first kappa shape index (κ1) is 15.0. The number of nitrogens with zero attached hydrogens (tertiary/aromatic N) is 2. The number of halogens is 2. The lowest BCUT2D eigenvalue weighted by Crippen LogP contribution is -2.43. The Balaban J connectivity index is 1.71. The minimum atomic E-state index is -0.298. The van der Waals surface area contributed by atoms with Crippen molar-refractivity contribution < 1.29 is 4.39 Å². The van der Waals surface area contributed by atoms with Crippen molar-refractivity contribution in [2.24, 2.45) is 10.7 Å². The summed E-state index contributed by atoms with van der Waals surface area (Å²) < 4.78 is 13.2. The van der Waals surface area contributed by atoms with Crippen molar-refractivity contribution in [3.63, 3.8) is 0 Å². The summed E-state index contributed by atoms with van der Waals surface area (Å²) >= 11 is 8.13. The molecule has 21 heavy (non-hydrogen) atoms. The van der Waals surface area contributed by atoms with E-state index in [1.807, 2.05) is 11.8 Å². The van der Waals surface area contributed by atoms with Crippen molar-refractivity contribution in [2.75, 3.05) is 31.1 Å². The standard InChI is InChI=1S/C15H19ClFN3S/c16-13-9-11(17)1-2-12(13)15(3-4-15)10-19-14(18)20-5-7-21-8-6-20/h1-2,9H,3-8,10H2,(H2,18,19). The molecule has 3 nitrogen and oxygen atoms in total. The molecule has 6 heteroatoms. The molecule has 2 aliphatic rings. The number of thioether (sulfide) groups is 1. The highest BCUT2D eigenvalue weighted by molar-refractivity contribution is 7.99. The van der Waals surface area contributed by atoms with Gasteiger partial charge >= 0.3 is 0 Å². The second-order valence-corrected chi connectivity index (χ2v) is 7.31. The molecule has 1 aromatic carbocycles. The number of nitrogens with two attached hydrogens (primary N) is 1. The molecule has 0 spiro atoms. The van der Waals surface area contributed by atoms with E-state index in [2.05, 4.69) is 9.89 Å². The van der Waals surface area contributed by atoms with E-state index in [1.54, 1.807) is 6.07 Å². The molecule has 1 aliphatic carbocycles. The van der Waals surface area contributed by atoms with Crippen molar-refractivity contribution in [3.8, 4) is 0 Å². The summed E-state index contributed by atoms with van der Waals surface area (Å²) in [7, 11) is 0. The number of hydrogen-bond donors (Lipinski definition) is 1. The van der Waals surface area contributed by atoms with Crippen molar-refractivity contribution in [3.05, 3.63) is 34.6 Å². The molecular formula is C15H19ClFN3S. The van der Waals surface area contributed by atoms with Crippen LogP contribution in [0.2, 0.25) is 5.02 Å². The average Bonchev–Trinajstić information content (AvgIpc) is 3.26. The quantitative estimate of drug-likeness (QED) is 0.685. The van der Waals surface area contributed by atoms with Gasteiger partial charge in [0.1, 0.15) is 5.82 Å². The molecule has 1 saturated carbocycles. The van der Waals surface area contributed by atoms with Crippen molar-refractivity contribution in [2.45, 2.75) is 18.3 Å². The molecule has 0 amide bonds. The number of guanidine groups is 1. The van der Waals surface area contributed by atoms with Crippen LogP contribution < -0.4 is 5.73 Å². The molecule has 3 rings (SSSR count). The summed E-state index contributed by atoms with van der Waals surface area (Å²) in [6.45, 7) is 2.56. The normalized spacial score (nSPS) is 21.4. The topological polar surface area (TPSA) is 41.6 Å².